The maximum atomic E-state index is 12.5. The number of carbonyl (C=O) groups excluding carboxylic acids is 1. The molecule has 0 aliphatic carbocycles. The van der Waals surface area contributed by atoms with Crippen molar-refractivity contribution in [2.45, 2.75) is 12.6 Å². The van der Waals surface area contributed by atoms with Gasteiger partial charge in [-0.25, -0.2) is 0 Å². The van der Waals surface area contributed by atoms with Crippen LogP contribution in [0.15, 0.2) is 27.8 Å². The average Bonchev–Trinajstić information content (AvgIpc) is 3.33. The number of rotatable bonds is 4. The molecule has 2 aliphatic rings. The Balaban J connectivity index is 0.00000300. The summed E-state index contributed by atoms with van der Waals surface area (Å²) < 4.78 is 42.7. The zero-order valence-corrected chi connectivity index (χ0v) is 18.7. The number of aliphatic imine (C=N–C) groups is 1. The van der Waals surface area contributed by atoms with E-state index in [1.807, 2.05) is 0 Å². The minimum Gasteiger partial charge on any atom is -0.459 e. The van der Waals surface area contributed by atoms with Crippen LogP contribution in [0.4, 0.5) is 13.2 Å². The first-order chi connectivity index (χ1) is 13.4. The van der Waals surface area contributed by atoms with E-state index in [9.17, 15) is 18.0 Å². The normalized spacial score (nSPS) is 21.2. The van der Waals surface area contributed by atoms with Gasteiger partial charge in [-0.2, -0.15) is 13.2 Å². The Kier molecular flexibility index (Phi) is 8.61. The molecule has 0 saturated carbocycles. The van der Waals surface area contributed by atoms with Crippen LogP contribution in [0.5, 0.6) is 0 Å². The van der Waals surface area contributed by atoms with Crippen LogP contribution in [-0.2, 0) is 0 Å². The molecule has 0 radical (unpaired) electrons. The Morgan fingerprint density at radius 2 is 1.93 bits per heavy atom. The van der Waals surface area contributed by atoms with Crippen molar-refractivity contribution in [1.29, 1.82) is 0 Å². The van der Waals surface area contributed by atoms with Gasteiger partial charge >= 0.3 is 6.18 Å². The van der Waals surface area contributed by atoms with E-state index in [2.05, 4.69) is 15.2 Å². The molecular weight excluding hydrogens is 502 g/mol. The van der Waals surface area contributed by atoms with Gasteiger partial charge in [-0.1, -0.05) is 0 Å². The molecular formula is C18H27F3IN5O2. The quantitative estimate of drug-likeness (QED) is 0.368. The molecule has 29 heavy (non-hydrogen) atoms. The number of piperazine rings is 1. The smallest absolute Gasteiger partial charge is 0.401 e. The second kappa shape index (κ2) is 10.5. The van der Waals surface area contributed by atoms with E-state index in [0.29, 0.717) is 51.6 Å². The first kappa shape index (κ1) is 23.8. The Bertz CT molecular complexity index is 676. The minimum atomic E-state index is -4.15. The van der Waals surface area contributed by atoms with E-state index >= 15 is 0 Å². The first-order valence-electron chi connectivity index (χ1n) is 9.43. The van der Waals surface area contributed by atoms with Crippen molar-refractivity contribution in [2.75, 3.05) is 59.4 Å². The fourth-order valence-corrected chi connectivity index (χ4v) is 3.72. The van der Waals surface area contributed by atoms with Crippen LogP contribution in [0, 0.1) is 5.92 Å². The van der Waals surface area contributed by atoms with Gasteiger partial charge in [0.05, 0.1) is 12.8 Å². The highest BCUT2D eigenvalue weighted by Gasteiger charge is 2.34. The van der Waals surface area contributed by atoms with E-state index in [4.69, 9.17) is 4.42 Å². The van der Waals surface area contributed by atoms with Crippen LogP contribution in [-0.4, -0.2) is 92.1 Å². The lowest BCUT2D eigenvalue weighted by Gasteiger charge is -2.36. The highest BCUT2D eigenvalue weighted by Crippen LogP contribution is 2.22. The number of hydrogen-bond donors (Lipinski definition) is 1. The number of nitrogens with one attached hydrogen (secondary N) is 1. The zero-order chi connectivity index (χ0) is 20.1. The Morgan fingerprint density at radius 3 is 2.52 bits per heavy atom. The predicted molar refractivity (Wildman–Crippen MR) is 114 cm³/mol. The number of furan rings is 1. The third kappa shape index (κ3) is 6.76. The van der Waals surface area contributed by atoms with E-state index < -0.39 is 12.7 Å². The standard InChI is InChI=1S/C18H26F3N5O2.HI/c1-22-17(23-11-14-4-5-24(12-14)13-18(19,20)21)26-8-6-25(7-9-26)16(27)15-3-2-10-28-15;/h2-3,10,14H,4-9,11-13H2,1H3,(H,22,23);1H. The van der Waals surface area contributed by atoms with E-state index in [-0.39, 0.29) is 35.8 Å². The van der Waals surface area contributed by atoms with Crippen LogP contribution >= 0.6 is 24.0 Å². The van der Waals surface area contributed by atoms with Gasteiger partial charge in [-0.05, 0) is 31.0 Å². The van der Waals surface area contributed by atoms with Crippen LogP contribution in [0.25, 0.3) is 0 Å². The first-order valence-corrected chi connectivity index (χ1v) is 9.43. The Morgan fingerprint density at radius 1 is 1.24 bits per heavy atom. The third-order valence-corrected chi connectivity index (χ3v) is 5.13. The van der Waals surface area contributed by atoms with Crippen molar-refractivity contribution >= 4 is 35.8 Å². The largest absolute Gasteiger partial charge is 0.459 e. The van der Waals surface area contributed by atoms with Crippen molar-refractivity contribution in [3.05, 3.63) is 24.2 Å². The average molecular weight is 529 g/mol. The maximum Gasteiger partial charge on any atom is 0.401 e. The molecule has 1 aromatic rings. The van der Waals surface area contributed by atoms with Gasteiger partial charge in [0.2, 0.25) is 0 Å². The molecule has 2 fully saturated rings. The Hall–Kier alpha value is -1.50. The van der Waals surface area contributed by atoms with Crippen LogP contribution < -0.4 is 5.32 Å². The monoisotopic (exact) mass is 529 g/mol. The van der Waals surface area contributed by atoms with Gasteiger partial charge in [0.1, 0.15) is 0 Å². The number of hydrogen-bond acceptors (Lipinski definition) is 4. The number of nitrogens with zero attached hydrogens (tertiary/aromatic N) is 4. The summed E-state index contributed by atoms with van der Waals surface area (Å²) in [5, 5.41) is 3.28. The van der Waals surface area contributed by atoms with Gasteiger partial charge in [0, 0.05) is 46.3 Å². The van der Waals surface area contributed by atoms with Gasteiger partial charge in [-0.3, -0.25) is 14.7 Å². The van der Waals surface area contributed by atoms with Crippen LogP contribution in [0.1, 0.15) is 17.0 Å². The van der Waals surface area contributed by atoms with E-state index in [0.717, 1.165) is 12.4 Å². The van der Waals surface area contributed by atoms with Gasteiger partial charge in [-0.15, -0.1) is 24.0 Å². The molecule has 0 bridgehead atoms. The molecule has 3 heterocycles. The summed E-state index contributed by atoms with van der Waals surface area (Å²) >= 11 is 0. The molecule has 11 heteroatoms. The molecule has 2 saturated heterocycles. The molecule has 1 atom stereocenters. The second-order valence-electron chi connectivity index (χ2n) is 7.19. The number of guanidine groups is 1. The summed E-state index contributed by atoms with van der Waals surface area (Å²) in [5.41, 5.74) is 0. The zero-order valence-electron chi connectivity index (χ0n) is 16.3. The van der Waals surface area contributed by atoms with E-state index in [1.165, 1.54) is 11.2 Å². The third-order valence-electron chi connectivity index (χ3n) is 5.13. The van der Waals surface area contributed by atoms with E-state index in [1.54, 1.807) is 24.1 Å². The van der Waals surface area contributed by atoms with Gasteiger partial charge in [0.15, 0.2) is 11.7 Å². The number of alkyl halides is 3. The summed E-state index contributed by atoms with van der Waals surface area (Å²) in [6.45, 7) is 3.05. The summed E-state index contributed by atoms with van der Waals surface area (Å²) in [4.78, 5) is 21.9. The molecule has 7 nitrogen and oxygen atoms in total. The topological polar surface area (TPSA) is 64.3 Å². The van der Waals surface area contributed by atoms with Gasteiger partial charge in [0.25, 0.3) is 5.91 Å². The van der Waals surface area contributed by atoms with Gasteiger partial charge < -0.3 is 19.5 Å². The molecule has 0 aromatic carbocycles. The van der Waals surface area contributed by atoms with Crippen LogP contribution in [0.3, 0.4) is 0 Å². The lowest BCUT2D eigenvalue weighted by molar-refractivity contribution is -0.143. The highest BCUT2D eigenvalue weighted by atomic mass is 127. The summed E-state index contributed by atoms with van der Waals surface area (Å²) in [7, 11) is 1.69. The number of likely N-dealkylation sites (tertiary alicyclic amines) is 1. The number of halogens is 4. The minimum absolute atomic E-state index is 0. The number of carbonyl (C=O) groups is 1. The Labute approximate surface area is 185 Å². The van der Waals surface area contributed by atoms with Crippen molar-refractivity contribution in [3.63, 3.8) is 0 Å². The molecule has 1 N–H and O–H groups in total. The molecule has 1 amide bonds. The molecule has 1 unspecified atom stereocenters. The molecule has 0 spiro atoms. The summed E-state index contributed by atoms with van der Waals surface area (Å²) in [5.74, 6) is 1.10. The molecule has 3 rings (SSSR count). The molecule has 2 aliphatic heterocycles. The van der Waals surface area contributed by atoms with Crippen molar-refractivity contribution in [1.82, 2.24) is 20.0 Å². The lowest BCUT2D eigenvalue weighted by atomic mass is 10.1. The molecule has 164 valence electrons. The van der Waals surface area contributed by atoms with Crippen molar-refractivity contribution < 1.29 is 22.4 Å². The summed E-state index contributed by atoms with van der Waals surface area (Å²) in [6.07, 6.45) is -1.93. The van der Waals surface area contributed by atoms with Crippen molar-refractivity contribution in [3.8, 4) is 0 Å². The second-order valence-corrected chi connectivity index (χ2v) is 7.19. The lowest BCUT2D eigenvalue weighted by Crippen LogP contribution is -2.54. The maximum absolute atomic E-state index is 12.5. The summed E-state index contributed by atoms with van der Waals surface area (Å²) in [6, 6.07) is 3.34. The predicted octanol–water partition coefficient (Wildman–Crippen LogP) is 2.11. The highest BCUT2D eigenvalue weighted by molar-refractivity contribution is 14.0. The number of amides is 1. The van der Waals surface area contributed by atoms with Crippen molar-refractivity contribution in [2.24, 2.45) is 10.9 Å². The van der Waals surface area contributed by atoms with Crippen LogP contribution in [0.2, 0.25) is 0 Å². The fourth-order valence-electron chi connectivity index (χ4n) is 3.72. The fraction of sp³-hybridized carbons (Fsp3) is 0.667. The SMILES string of the molecule is CN=C(NCC1CCN(CC(F)(F)F)C1)N1CCN(C(=O)c2ccco2)CC1.I. The molecule has 1 aromatic heterocycles.